The minimum atomic E-state index is 0.625. The van der Waals surface area contributed by atoms with Crippen LogP contribution < -0.4 is 4.74 Å². The summed E-state index contributed by atoms with van der Waals surface area (Å²) in [5, 5.41) is 0. The molecular weight excluding hydrogens is 236 g/mol. The third-order valence-electron chi connectivity index (χ3n) is 3.74. The summed E-state index contributed by atoms with van der Waals surface area (Å²) < 4.78 is 7.79. The van der Waals surface area contributed by atoms with Crippen LogP contribution in [0.4, 0.5) is 0 Å². The Morgan fingerprint density at radius 3 is 2.95 bits per heavy atom. The summed E-state index contributed by atoms with van der Waals surface area (Å²) >= 11 is 0. The fraction of sp³-hybridized carbons (Fsp3) is 0.438. The monoisotopic (exact) mass is 256 g/mol. The quantitative estimate of drug-likeness (QED) is 0.842. The van der Waals surface area contributed by atoms with Crippen molar-refractivity contribution in [2.75, 3.05) is 7.11 Å². The second kappa shape index (κ2) is 4.72. The summed E-state index contributed by atoms with van der Waals surface area (Å²) in [5.74, 6) is 1.65. The lowest BCUT2D eigenvalue weighted by Crippen LogP contribution is -2.11. The van der Waals surface area contributed by atoms with Crippen LogP contribution in [0.15, 0.2) is 24.7 Å². The second-order valence-electron chi connectivity index (χ2n) is 5.64. The Balaban J connectivity index is 2.12. The topological polar surface area (TPSA) is 27.1 Å². The zero-order valence-corrected chi connectivity index (χ0v) is 11.8. The number of ether oxygens (including phenoxy) is 1. The van der Waals surface area contributed by atoms with Crippen LogP contribution in [0.3, 0.4) is 0 Å². The number of benzene rings is 1. The summed E-state index contributed by atoms with van der Waals surface area (Å²) in [4.78, 5) is 4.27. The summed E-state index contributed by atoms with van der Waals surface area (Å²) in [6.07, 6.45) is 5.98. The molecule has 0 bridgehead atoms. The highest BCUT2D eigenvalue weighted by atomic mass is 16.5. The molecule has 3 rings (SSSR count). The molecule has 0 N–H and O–H groups in total. The molecule has 0 saturated heterocycles. The van der Waals surface area contributed by atoms with Crippen molar-refractivity contribution >= 4 is 0 Å². The Morgan fingerprint density at radius 2 is 2.21 bits per heavy atom. The third-order valence-corrected chi connectivity index (χ3v) is 3.74. The molecule has 0 amide bonds. The zero-order valence-electron chi connectivity index (χ0n) is 11.8. The Hall–Kier alpha value is -1.77. The van der Waals surface area contributed by atoms with Gasteiger partial charge in [-0.2, -0.15) is 0 Å². The van der Waals surface area contributed by atoms with Crippen LogP contribution in [0, 0.1) is 5.92 Å². The van der Waals surface area contributed by atoms with Gasteiger partial charge in [0.25, 0.3) is 0 Å². The molecule has 0 unspecified atom stereocenters. The van der Waals surface area contributed by atoms with E-state index in [1.54, 1.807) is 7.11 Å². The van der Waals surface area contributed by atoms with Crippen LogP contribution >= 0.6 is 0 Å². The standard InChI is InChI=1S/C16H20N2O/c1-11(2)6-13-7-14-12(8-16(13)19-3)4-5-18-10-17-9-15(14)18/h7-11H,4-6H2,1-3H3. The molecule has 0 radical (unpaired) electrons. The highest BCUT2D eigenvalue weighted by molar-refractivity contribution is 5.68. The van der Waals surface area contributed by atoms with Crippen molar-refractivity contribution in [2.45, 2.75) is 33.2 Å². The first-order valence-corrected chi connectivity index (χ1v) is 6.89. The van der Waals surface area contributed by atoms with Crippen molar-refractivity contribution in [2.24, 2.45) is 5.92 Å². The maximum Gasteiger partial charge on any atom is 0.122 e. The van der Waals surface area contributed by atoms with Crippen molar-refractivity contribution in [3.8, 4) is 17.0 Å². The molecule has 0 fully saturated rings. The predicted octanol–water partition coefficient (Wildman–Crippen LogP) is 3.31. The van der Waals surface area contributed by atoms with Crippen LogP contribution in [-0.2, 0) is 19.4 Å². The summed E-state index contributed by atoms with van der Waals surface area (Å²) in [6, 6.07) is 4.50. The molecule has 100 valence electrons. The normalized spacial score (nSPS) is 13.3. The molecule has 2 heterocycles. The minimum Gasteiger partial charge on any atom is -0.496 e. The van der Waals surface area contributed by atoms with E-state index in [-0.39, 0.29) is 0 Å². The molecule has 0 spiro atoms. The highest BCUT2D eigenvalue weighted by Crippen LogP contribution is 2.35. The largest absolute Gasteiger partial charge is 0.496 e. The number of nitrogens with zero attached hydrogens (tertiary/aromatic N) is 2. The molecule has 3 heteroatoms. The number of imidazole rings is 1. The molecule has 1 aliphatic rings. The van der Waals surface area contributed by atoms with Gasteiger partial charge in [-0.25, -0.2) is 4.98 Å². The van der Waals surface area contributed by atoms with E-state index in [1.165, 1.54) is 22.4 Å². The average molecular weight is 256 g/mol. The van der Waals surface area contributed by atoms with E-state index >= 15 is 0 Å². The lowest BCUT2D eigenvalue weighted by atomic mass is 9.92. The Bertz CT molecular complexity index is 599. The molecule has 2 aromatic rings. The number of methoxy groups -OCH3 is 1. The van der Waals surface area contributed by atoms with E-state index < -0.39 is 0 Å². The van der Waals surface area contributed by atoms with Gasteiger partial charge in [-0.05, 0) is 42.0 Å². The van der Waals surface area contributed by atoms with Crippen molar-refractivity contribution < 1.29 is 4.74 Å². The van der Waals surface area contributed by atoms with Crippen LogP contribution in [0.25, 0.3) is 11.3 Å². The Morgan fingerprint density at radius 1 is 1.37 bits per heavy atom. The highest BCUT2D eigenvalue weighted by Gasteiger charge is 2.19. The van der Waals surface area contributed by atoms with Gasteiger partial charge in [0.1, 0.15) is 5.75 Å². The number of fused-ring (bicyclic) bond motifs is 3. The van der Waals surface area contributed by atoms with Gasteiger partial charge in [0.15, 0.2) is 0 Å². The molecule has 0 aliphatic carbocycles. The van der Waals surface area contributed by atoms with E-state index in [2.05, 4.69) is 35.5 Å². The SMILES string of the molecule is COc1cc2c(cc1CC(C)C)-c1cncn1CC2. The third kappa shape index (κ3) is 2.14. The minimum absolute atomic E-state index is 0.625. The average Bonchev–Trinajstić information content (AvgIpc) is 2.86. The Kier molecular flexibility index (Phi) is 3.05. The summed E-state index contributed by atoms with van der Waals surface area (Å²) in [7, 11) is 1.76. The molecule has 1 aromatic carbocycles. The maximum absolute atomic E-state index is 5.56. The summed E-state index contributed by atoms with van der Waals surface area (Å²) in [5.41, 5.74) is 5.22. The van der Waals surface area contributed by atoms with Gasteiger partial charge < -0.3 is 9.30 Å². The van der Waals surface area contributed by atoms with E-state index in [0.29, 0.717) is 5.92 Å². The van der Waals surface area contributed by atoms with Gasteiger partial charge >= 0.3 is 0 Å². The fourth-order valence-electron chi connectivity index (χ4n) is 2.87. The smallest absolute Gasteiger partial charge is 0.122 e. The van der Waals surface area contributed by atoms with Gasteiger partial charge in [0.2, 0.25) is 0 Å². The number of hydrogen-bond acceptors (Lipinski definition) is 2. The van der Waals surface area contributed by atoms with Gasteiger partial charge in [-0.3, -0.25) is 0 Å². The van der Waals surface area contributed by atoms with Crippen LogP contribution in [-0.4, -0.2) is 16.7 Å². The first-order chi connectivity index (χ1) is 9.19. The van der Waals surface area contributed by atoms with Gasteiger partial charge in [0, 0.05) is 12.1 Å². The van der Waals surface area contributed by atoms with Gasteiger partial charge in [0.05, 0.1) is 25.3 Å². The van der Waals surface area contributed by atoms with Gasteiger partial charge in [-0.15, -0.1) is 0 Å². The van der Waals surface area contributed by atoms with Crippen molar-refractivity contribution in [1.29, 1.82) is 0 Å². The number of hydrogen-bond donors (Lipinski definition) is 0. The predicted molar refractivity (Wildman–Crippen MR) is 76.5 cm³/mol. The molecule has 0 saturated carbocycles. The molecule has 0 atom stereocenters. The summed E-state index contributed by atoms with van der Waals surface area (Å²) in [6.45, 7) is 5.49. The van der Waals surface area contributed by atoms with Gasteiger partial charge in [-0.1, -0.05) is 13.8 Å². The zero-order chi connectivity index (χ0) is 13.4. The Labute approximate surface area is 114 Å². The van der Waals surface area contributed by atoms with Crippen molar-refractivity contribution in [1.82, 2.24) is 9.55 Å². The van der Waals surface area contributed by atoms with Crippen LogP contribution in [0.5, 0.6) is 5.75 Å². The van der Waals surface area contributed by atoms with Crippen LogP contribution in [0.1, 0.15) is 25.0 Å². The lowest BCUT2D eigenvalue weighted by molar-refractivity contribution is 0.406. The van der Waals surface area contributed by atoms with Crippen molar-refractivity contribution in [3.63, 3.8) is 0 Å². The molecule has 3 nitrogen and oxygen atoms in total. The van der Waals surface area contributed by atoms with Crippen LogP contribution in [0.2, 0.25) is 0 Å². The van der Waals surface area contributed by atoms with Crippen molar-refractivity contribution in [3.05, 3.63) is 35.8 Å². The number of rotatable bonds is 3. The molecule has 19 heavy (non-hydrogen) atoms. The number of aryl methyl sites for hydroxylation is 2. The molecule has 1 aromatic heterocycles. The van der Waals surface area contributed by atoms with E-state index in [1.807, 2.05) is 12.5 Å². The molecular formula is C16H20N2O. The number of aromatic nitrogens is 2. The fourth-order valence-corrected chi connectivity index (χ4v) is 2.87. The lowest BCUT2D eigenvalue weighted by Gasteiger charge is -2.21. The molecule has 1 aliphatic heterocycles. The van der Waals surface area contributed by atoms with E-state index in [9.17, 15) is 0 Å². The second-order valence-corrected chi connectivity index (χ2v) is 5.64. The first kappa shape index (κ1) is 12.3. The maximum atomic E-state index is 5.56. The van der Waals surface area contributed by atoms with E-state index in [0.717, 1.165) is 25.1 Å². The van der Waals surface area contributed by atoms with E-state index in [4.69, 9.17) is 4.74 Å². The first-order valence-electron chi connectivity index (χ1n) is 6.89.